The van der Waals surface area contributed by atoms with Crippen LogP contribution in [0.5, 0.6) is 0 Å². The summed E-state index contributed by atoms with van der Waals surface area (Å²) in [7, 11) is 0. The van der Waals surface area contributed by atoms with E-state index in [4.69, 9.17) is 9.47 Å². The second-order valence-electron chi connectivity index (χ2n) is 6.63. The van der Waals surface area contributed by atoms with Crippen LogP contribution in [0.2, 0.25) is 0 Å². The minimum absolute atomic E-state index is 0.0200. The van der Waals surface area contributed by atoms with Gasteiger partial charge in [0.2, 0.25) is 0 Å². The number of carbonyl (C=O) groups is 2. The monoisotopic (exact) mass is 354 g/mol. The van der Waals surface area contributed by atoms with E-state index in [0.29, 0.717) is 17.5 Å². The maximum atomic E-state index is 12.4. The summed E-state index contributed by atoms with van der Waals surface area (Å²) in [6.07, 6.45) is -0.640. The number of hydrogen-bond donors (Lipinski definition) is 1. The second-order valence-corrected chi connectivity index (χ2v) is 6.63. The van der Waals surface area contributed by atoms with Gasteiger partial charge in [-0.1, -0.05) is 43.3 Å². The molecule has 0 spiro atoms. The molecule has 0 saturated heterocycles. The van der Waals surface area contributed by atoms with Crippen molar-refractivity contribution in [3.8, 4) is 0 Å². The minimum atomic E-state index is -0.671. The number of rotatable bonds is 5. The van der Waals surface area contributed by atoms with E-state index in [2.05, 4.69) is 0 Å². The lowest BCUT2D eigenvalue weighted by atomic mass is 10.1. The fourth-order valence-electron chi connectivity index (χ4n) is 3.39. The standard InChI is InChI=1S/C21H22O5/c1-14-12-17(13-22)19(26-21(24)16-10-6-3-7-11-16)18(14)25-20(23)15-8-4-2-5-9-15/h2-11,14,17-19,22H,12-13H2,1H3/t14-,17-,18+,19-/m1/s1. The zero-order chi connectivity index (χ0) is 18.5. The van der Waals surface area contributed by atoms with Crippen LogP contribution in [-0.4, -0.2) is 35.9 Å². The van der Waals surface area contributed by atoms with Crippen LogP contribution in [0.25, 0.3) is 0 Å². The zero-order valence-corrected chi connectivity index (χ0v) is 14.6. The number of carbonyl (C=O) groups excluding carboxylic acids is 2. The lowest BCUT2D eigenvalue weighted by Crippen LogP contribution is -2.37. The smallest absolute Gasteiger partial charge is 0.338 e. The van der Waals surface area contributed by atoms with E-state index in [9.17, 15) is 14.7 Å². The first-order chi connectivity index (χ1) is 12.6. The fraction of sp³-hybridized carbons (Fsp3) is 0.333. The summed E-state index contributed by atoms with van der Waals surface area (Å²) < 4.78 is 11.3. The van der Waals surface area contributed by atoms with Crippen molar-refractivity contribution in [2.24, 2.45) is 11.8 Å². The Morgan fingerprint density at radius 3 is 1.81 bits per heavy atom. The first-order valence-corrected chi connectivity index (χ1v) is 8.73. The van der Waals surface area contributed by atoms with Gasteiger partial charge in [-0.15, -0.1) is 0 Å². The van der Waals surface area contributed by atoms with Crippen LogP contribution >= 0.6 is 0 Å². The maximum absolute atomic E-state index is 12.4. The van der Waals surface area contributed by atoms with E-state index in [1.54, 1.807) is 48.5 Å². The molecule has 1 aliphatic rings. The van der Waals surface area contributed by atoms with Crippen molar-refractivity contribution in [3.05, 3.63) is 71.8 Å². The average Bonchev–Trinajstić information content (AvgIpc) is 2.98. The molecule has 2 aromatic carbocycles. The summed E-state index contributed by atoms with van der Waals surface area (Å²) in [5.41, 5.74) is 0.872. The van der Waals surface area contributed by atoms with E-state index in [0.717, 1.165) is 0 Å². The Hall–Kier alpha value is -2.66. The molecule has 0 amide bonds. The molecule has 4 atom stereocenters. The van der Waals surface area contributed by atoms with Gasteiger partial charge in [-0.25, -0.2) is 9.59 Å². The highest BCUT2D eigenvalue weighted by atomic mass is 16.6. The Morgan fingerprint density at radius 1 is 0.885 bits per heavy atom. The molecule has 2 aromatic rings. The highest BCUT2D eigenvalue weighted by molar-refractivity contribution is 5.90. The SMILES string of the molecule is C[C@@H]1C[C@H](CO)[C@@H](OC(=O)c2ccccc2)[C@H]1OC(=O)c1ccccc1. The van der Waals surface area contributed by atoms with Gasteiger partial charge in [-0.2, -0.15) is 0 Å². The van der Waals surface area contributed by atoms with Gasteiger partial charge >= 0.3 is 11.9 Å². The van der Waals surface area contributed by atoms with Gasteiger partial charge < -0.3 is 14.6 Å². The molecule has 0 radical (unpaired) electrons. The number of ether oxygens (including phenoxy) is 2. The van der Waals surface area contributed by atoms with Crippen LogP contribution < -0.4 is 0 Å². The molecule has 136 valence electrons. The van der Waals surface area contributed by atoms with Gasteiger partial charge in [0.25, 0.3) is 0 Å². The van der Waals surface area contributed by atoms with Crippen molar-refractivity contribution in [1.29, 1.82) is 0 Å². The summed E-state index contributed by atoms with van der Waals surface area (Å²) >= 11 is 0. The molecular formula is C21H22O5. The molecule has 26 heavy (non-hydrogen) atoms. The summed E-state index contributed by atoms with van der Waals surface area (Å²) in [4.78, 5) is 24.8. The van der Waals surface area contributed by atoms with Crippen LogP contribution in [0.15, 0.2) is 60.7 Å². The summed E-state index contributed by atoms with van der Waals surface area (Å²) in [5, 5.41) is 9.67. The second kappa shape index (κ2) is 8.15. The Bertz CT molecular complexity index is 744. The third kappa shape index (κ3) is 3.94. The molecular weight excluding hydrogens is 332 g/mol. The molecule has 0 unspecified atom stereocenters. The molecule has 1 fully saturated rings. The topological polar surface area (TPSA) is 72.8 Å². The Morgan fingerprint density at radius 2 is 1.35 bits per heavy atom. The Balaban J connectivity index is 1.76. The van der Waals surface area contributed by atoms with Gasteiger partial charge in [-0.3, -0.25) is 0 Å². The van der Waals surface area contributed by atoms with Gasteiger partial charge in [0.05, 0.1) is 11.1 Å². The van der Waals surface area contributed by atoms with Crippen LogP contribution in [-0.2, 0) is 9.47 Å². The Labute approximate surface area is 152 Å². The molecule has 3 rings (SSSR count). The average molecular weight is 354 g/mol. The van der Waals surface area contributed by atoms with Crippen LogP contribution in [0.4, 0.5) is 0 Å². The van der Waals surface area contributed by atoms with E-state index in [1.165, 1.54) is 0 Å². The van der Waals surface area contributed by atoms with Gasteiger partial charge in [-0.05, 0) is 36.6 Å². The van der Waals surface area contributed by atoms with Crippen LogP contribution in [0.1, 0.15) is 34.1 Å². The molecule has 0 bridgehead atoms. The first kappa shape index (κ1) is 18.1. The number of aliphatic hydroxyl groups is 1. The zero-order valence-electron chi connectivity index (χ0n) is 14.6. The molecule has 1 aliphatic carbocycles. The van der Waals surface area contributed by atoms with Crippen LogP contribution in [0, 0.1) is 11.8 Å². The van der Waals surface area contributed by atoms with Crippen molar-refractivity contribution < 1.29 is 24.2 Å². The van der Waals surface area contributed by atoms with Crippen molar-refractivity contribution in [2.45, 2.75) is 25.6 Å². The molecule has 0 aliphatic heterocycles. The minimum Gasteiger partial charge on any atom is -0.455 e. The fourth-order valence-corrected chi connectivity index (χ4v) is 3.39. The third-order valence-electron chi connectivity index (χ3n) is 4.76. The van der Waals surface area contributed by atoms with Crippen molar-refractivity contribution in [1.82, 2.24) is 0 Å². The number of esters is 2. The normalized spacial score (nSPS) is 24.8. The first-order valence-electron chi connectivity index (χ1n) is 8.73. The van der Waals surface area contributed by atoms with Crippen molar-refractivity contribution in [3.63, 3.8) is 0 Å². The van der Waals surface area contributed by atoms with Crippen molar-refractivity contribution in [2.75, 3.05) is 6.61 Å². The summed E-state index contributed by atoms with van der Waals surface area (Å²) in [5.74, 6) is -1.22. The van der Waals surface area contributed by atoms with Gasteiger partial charge in [0.1, 0.15) is 12.2 Å². The quantitative estimate of drug-likeness (QED) is 0.836. The molecule has 5 heteroatoms. The summed E-state index contributed by atoms with van der Waals surface area (Å²) in [6, 6.07) is 17.4. The molecule has 5 nitrogen and oxygen atoms in total. The predicted molar refractivity (Wildman–Crippen MR) is 95.6 cm³/mol. The highest BCUT2D eigenvalue weighted by Gasteiger charge is 2.46. The highest BCUT2D eigenvalue weighted by Crippen LogP contribution is 2.36. The van der Waals surface area contributed by atoms with Gasteiger partial charge in [0.15, 0.2) is 0 Å². The molecule has 1 N–H and O–H groups in total. The summed E-state index contributed by atoms with van der Waals surface area (Å²) in [6.45, 7) is 1.80. The Kier molecular flexibility index (Phi) is 5.68. The third-order valence-corrected chi connectivity index (χ3v) is 4.76. The van der Waals surface area contributed by atoms with Gasteiger partial charge in [0, 0.05) is 12.5 Å². The number of benzene rings is 2. The molecule has 0 aromatic heterocycles. The molecule has 0 heterocycles. The van der Waals surface area contributed by atoms with E-state index in [-0.39, 0.29) is 18.4 Å². The number of aliphatic hydroxyl groups excluding tert-OH is 1. The van der Waals surface area contributed by atoms with Crippen LogP contribution in [0.3, 0.4) is 0 Å². The van der Waals surface area contributed by atoms with Crippen molar-refractivity contribution >= 4 is 11.9 Å². The maximum Gasteiger partial charge on any atom is 0.338 e. The van der Waals surface area contributed by atoms with E-state index >= 15 is 0 Å². The molecule has 1 saturated carbocycles. The van der Waals surface area contributed by atoms with E-state index in [1.807, 2.05) is 19.1 Å². The van der Waals surface area contributed by atoms with E-state index < -0.39 is 24.1 Å². The lowest BCUT2D eigenvalue weighted by Gasteiger charge is -2.25. The number of hydrogen-bond acceptors (Lipinski definition) is 5. The lowest BCUT2D eigenvalue weighted by molar-refractivity contribution is -0.0477. The predicted octanol–water partition coefficient (Wildman–Crippen LogP) is 3.09. The largest absolute Gasteiger partial charge is 0.455 e.